The van der Waals surface area contributed by atoms with Crippen LogP contribution in [0, 0.1) is 5.92 Å². The van der Waals surface area contributed by atoms with Crippen molar-refractivity contribution < 1.29 is 14.7 Å². The predicted octanol–water partition coefficient (Wildman–Crippen LogP) is 1.09. The summed E-state index contributed by atoms with van der Waals surface area (Å²) in [5, 5.41) is 13.7. The van der Waals surface area contributed by atoms with E-state index in [4.69, 9.17) is 0 Å². The second-order valence-electron chi connectivity index (χ2n) is 6.14. The van der Waals surface area contributed by atoms with E-state index in [1.807, 2.05) is 35.3 Å². The third-order valence-corrected chi connectivity index (χ3v) is 4.61. The van der Waals surface area contributed by atoms with E-state index in [0.717, 1.165) is 11.1 Å². The Morgan fingerprint density at radius 3 is 2.38 bits per heavy atom. The van der Waals surface area contributed by atoms with Gasteiger partial charge in [-0.05, 0) is 23.3 Å². The number of rotatable bonds is 3. The number of phenolic OH excluding ortho intramolecular Hbond substituents is 1. The van der Waals surface area contributed by atoms with Crippen molar-refractivity contribution in [2.24, 2.45) is 5.92 Å². The topological polar surface area (TPSA) is 81.7 Å². The summed E-state index contributed by atoms with van der Waals surface area (Å²) in [4.78, 5) is 24.5. The molecule has 0 spiro atoms. The number of fused-ring (bicyclic) bond motifs is 1. The molecule has 2 heterocycles. The summed E-state index contributed by atoms with van der Waals surface area (Å²) >= 11 is 0. The lowest BCUT2D eigenvalue weighted by Crippen LogP contribution is -2.43. The summed E-state index contributed by atoms with van der Waals surface area (Å²) in [6, 6.07) is 15.7. The molecule has 2 aromatic carbocycles. The molecule has 24 heavy (non-hydrogen) atoms. The van der Waals surface area contributed by atoms with Crippen molar-refractivity contribution >= 4 is 11.8 Å². The SMILES string of the molecule is O=C1NC(=O)[C@@H]2[C@@H]1[C@@H](c1ccc(O)cc1)NN2Cc1ccccc1. The Hall–Kier alpha value is -2.70. The Morgan fingerprint density at radius 1 is 0.958 bits per heavy atom. The predicted molar refractivity (Wildman–Crippen MR) is 86.4 cm³/mol. The van der Waals surface area contributed by atoms with Crippen molar-refractivity contribution in [1.82, 2.24) is 15.8 Å². The fourth-order valence-electron chi connectivity index (χ4n) is 3.48. The van der Waals surface area contributed by atoms with Crippen molar-refractivity contribution in [3.63, 3.8) is 0 Å². The molecule has 3 N–H and O–H groups in total. The van der Waals surface area contributed by atoms with Gasteiger partial charge in [0.05, 0.1) is 12.0 Å². The third-order valence-electron chi connectivity index (χ3n) is 4.61. The van der Waals surface area contributed by atoms with Gasteiger partial charge in [0.2, 0.25) is 11.8 Å². The summed E-state index contributed by atoms with van der Waals surface area (Å²) in [6.45, 7) is 0.525. The monoisotopic (exact) mass is 323 g/mol. The summed E-state index contributed by atoms with van der Waals surface area (Å²) in [5.74, 6) is -0.840. The molecule has 6 nitrogen and oxygen atoms in total. The number of imide groups is 1. The van der Waals surface area contributed by atoms with E-state index in [0.29, 0.717) is 6.54 Å². The Bertz CT molecular complexity index is 776. The van der Waals surface area contributed by atoms with Gasteiger partial charge in [0.25, 0.3) is 0 Å². The lowest BCUT2D eigenvalue weighted by Gasteiger charge is -2.22. The minimum absolute atomic E-state index is 0.168. The molecule has 0 aromatic heterocycles. The third kappa shape index (κ3) is 2.46. The highest BCUT2D eigenvalue weighted by molar-refractivity contribution is 6.07. The van der Waals surface area contributed by atoms with Gasteiger partial charge >= 0.3 is 0 Å². The standard InChI is InChI=1S/C18H17N3O3/c22-13-8-6-12(7-9-13)15-14-16(18(24)19-17(14)23)21(20-15)10-11-4-2-1-3-5-11/h1-9,14-16,20,22H,10H2,(H,19,23,24)/t14-,15+,16-/m0/s1. The fraction of sp³-hybridized carbons (Fsp3) is 0.222. The molecule has 2 fully saturated rings. The first kappa shape index (κ1) is 14.9. The number of benzene rings is 2. The largest absolute Gasteiger partial charge is 0.508 e. The van der Waals surface area contributed by atoms with Crippen LogP contribution in [0.3, 0.4) is 0 Å². The van der Waals surface area contributed by atoms with Gasteiger partial charge in [0, 0.05) is 6.54 Å². The molecule has 122 valence electrons. The van der Waals surface area contributed by atoms with Crippen LogP contribution < -0.4 is 10.7 Å². The van der Waals surface area contributed by atoms with Gasteiger partial charge in [-0.3, -0.25) is 14.9 Å². The lowest BCUT2D eigenvalue weighted by molar-refractivity contribution is -0.127. The average Bonchev–Trinajstić information content (AvgIpc) is 3.09. The van der Waals surface area contributed by atoms with Crippen LogP contribution in [0.5, 0.6) is 5.75 Å². The number of hydrogen-bond donors (Lipinski definition) is 3. The number of hydrazine groups is 1. The van der Waals surface area contributed by atoms with Crippen LogP contribution in [0.1, 0.15) is 17.2 Å². The Morgan fingerprint density at radius 2 is 1.67 bits per heavy atom. The van der Waals surface area contributed by atoms with Crippen LogP contribution in [-0.2, 0) is 16.1 Å². The van der Waals surface area contributed by atoms with Gasteiger partial charge < -0.3 is 5.11 Å². The highest BCUT2D eigenvalue weighted by Crippen LogP contribution is 2.37. The zero-order valence-corrected chi connectivity index (χ0v) is 12.8. The number of amides is 2. The second kappa shape index (κ2) is 5.74. The zero-order chi connectivity index (χ0) is 16.7. The fourth-order valence-corrected chi connectivity index (χ4v) is 3.48. The van der Waals surface area contributed by atoms with Gasteiger partial charge in [-0.25, -0.2) is 10.4 Å². The van der Waals surface area contributed by atoms with Crippen molar-refractivity contribution in [1.29, 1.82) is 0 Å². The Kier molecular flexibility index (Phi) is 3.55. The van der Waals surface area contributed by atoms with Gasteiger partial charge in [0.1, 0.15) is 11.8 Å². The highest BCUT2D eigenvalue weighted by Gasteiger charge is 2.54. The molecule has 2 aromatic rings. The van der Waals surface area contributed by atoms with Gasteiger partial charge in [0.15, 0.2) is 0 Å². The number of carbonyl (C=O) groups excluding carboxylic acids is 2. The second-order valence-corrected chi connectivity index (χ2v) is 6.14. The van der Waals surface area contributed by atoms with Crippen molar-refractivity contribution in [3.8, 4) is 5.75 Å². The van der Waals surface area contributed by atoms with Crippen LogP contribution in [0.15, 0.2) is 54.6 Å². The van der Waals surface area contributed by atoms with Crippen LogP contribution in [-0.4, -0.2) is 28.0 Å². The van der Waals surface area contributed by atoms with E-state index in [-0.39, 0.29) is 23.6 Å². The highest BCUT2D eigenvalue weighted by atomic mass is 16.3. The summed E-state index contributed by atoms with van der Waals surface area (Å²) in [5.41, 5.74) is 5.23. The van der Waals surface area contributed by atoms with Gasteiger partial charge in [-0.1, -0.05) is 42.5 Å². The molecule has 2 aliphatic rings. The number of aromatic hydroxyl groups is 1. The summed E-state index contributed by atoms with van der Waals surface area (Å²) in [6.07, 6.45) is 0. The molecule has 0 unspecified atom stereocenters. The molecule has 4 rings (SSSR count). The maximum absolute atomic E-state index is 12.3. The van der Waals surface area contributed by atoms with Crippen molar-refractivity contribution in [2.45, 2.75) is 18.6 Å². The lowest BCUT2D eigenvalue weighted by atomic mass is 9.91. The smallest absolute Gasteiger partial charge is 0.246 e. The molecule has 0 aliphatic carbocycles. The van der Waals surface area contributed by atoms with E-state index in [2.05, 4.69) is 10.7 Å². The Balaban J connectivity index is 1.66. The van der Waals surface area contributed by atoms with E-state index < -0.39 is 12.0 Å². The number of hydrogen-bond acceptors (Lipinski definition) is 5. The minimum atomic E-state index is -0.531. The molecule has 2 amide bonds. The first-order chi connectivity index (χ1) is 11.6. The van der Waals surface area contributed by atoms with E-state index in [1.165, 1.54) is 0 Å². The molecule has 0 radical (unpaired) electrons. The van der Waals surface area contributed by atoms with Gasteiger partial charge in [-0.15, -0.1) is 0 Å². The molecule has 0 saturated carbocycles. The first-order valence-electron chi connectivity index (χ1n) is 7.84. The molecule has 2 aliphatic heterocycles. The minimum Gasteiger partial charge on any atom is -0.508 e. The van der Waals surface area contributed by atoms with Crippen LogP contribution in [0.4, 0.5) is 0 Å². The van der Waals surface area contributed by atoms with E-state index >= 15 is 0 Å². The van der Waals surface area contributed by atoms with Crippen molar-refractivity contribution in [3.05, 3.63) is 65.7 Å². The number of nitrogens with zero attached hydrogens (tertiary/aromatic N) is 1. The summed E-state index contributed by atoms with van der Waals surface area (Å²) in [7, 11) is 0. The maximum atomic E-state index is 12.3. The molecule has 6 heteroatoms. The zero-order valence-electron chi connectivity index (χ0n) is 12.8. The van der Waals surface area contributed by atoms with Crippen LogP contribution >= 0.6 is 0 Å². The molecule has 3 atom stereocenters. The summed E-state index contributed by atoms with van der Waals surface area (Å²) < 4.78 is 0. The van der Waals surface area contributed by atoms with Crippen LogP contribution in [0.25, 0.3) is 0 Å². The van der Waals surface area contributed by atoms with Crippen molar-refractivity contribution in [2.75, 3.05) is 0 Å². The number of phenols is 1. The number of carbonyl (C=O) groups is 2. The van der Waals surface area contributed by atoms with Gasteiger partial charge in [-0.2, -0.15) is 0 Å². The molecular weight excluding hydrogens is 306 g/mol. The molecule has 0 bridgehead atoms. The Labute approximate surface area is 139 Å². The maximum Gasteiger partial charge on any atom is 0.246 e. The van der Waals surface area contributed by atoms with E-state index in [9.17, 15) is 14.7 Å². The van der Waals surface area contributed by atoms with Crippen LogP contribution in [0.2, 0.25) is 0 Å². The quantitative estimate of drug-likeness (QED) is 0.737. The number of nitrogens with one attached hydrogen (secondary N) is 2. The normalized spacial score (nSPS) is 26.4. The van der Waals surface area contributed by atoms with E-state index in [1.54, 1.807) is 24.3 Å². The average molecular weight is 323 g/mol. The molecular formula is C18H17N3O3. The molecule has 2 saturated heterocycles. The first-order valence-corrected chi connectivity index (χ1v) is 7.84.